The smallest absolute Gasteiger partial charge is 0.273 e. The minimum Gasteiger partial charge on any atom is -0.448 e. The number of likely N-dealkylation sites (tertiary alicyclic amines) is 1. The van der Waals surface area contributed by atoms with Gasteiger partial charge in [0, 0.05) is 13.5 Å². The first-order chi connectivity index (χ1) is 11.6. The topological polar surface area (TPSA) is 101 Å². The molecule has 24 heavy (non-hydrogen) atoms. The summed E-state index contributed by atoms with van der Waals surface area (Å²) in [5.74, 6) is 0.189. The number of amides is 2. The SMILES string of the molecule is CC(=O)N1CCC[C@@H]1c1cncc(CNC(=O)c2ncoc2C)n1. The number of hydrogen-bond donors (Lipinski definition) is 1. The fourth-order valence-corrected chi connectivity index (χ4v) is 2.90. The van der Waals surface area contributed by atoms with Crippen LogP contribution in [-0.2, 0) is 11.3 Å². The van der Waals surface area contributed by atoms with E-state index in [1.807, 2.05) is 4.90 Å². The molecule has 2 aromatic heterocycles. The molecular formula is C16H19N5O3. The predicted molar refractivity (Wildman–Crippen MR) is 83.8 cm³/mol. The lowest BCUT2D eigenvalue weighted by Gasteiger charge is -2.22. The molecule has 3 heterocycles. The Labute approximate surface area is 139 Å². The van der Waals surface area contributed by atoms with Crippen molar-refractivity contribution < 1.29 is 14.0 Å². The minimum absolute atomic E-state index is 0.0385. The second-order valence-corrected chi connectivity index (χ2v) is 5.75. The molecule has 126 valence electrons. The highest BCUT2D eigenvalue weighted by Gasteiger charge is 2.29. The van der Waals surface area contributed by atoms with Crippen LogP contribution in [-0.4, -0.2) is 38.2 Å². The van der Waals surface area contributed by atoms with Crippen LogP contribution >= 0.6 is 0 Å². The maximum atomic E-state index is 12.0. The Morgan fingerprint density at radius 3 is 2.96 bits per heavy atom. The average Bonchev–Trinajstić information content (AvgIpc) is 3.21. The zero-order valence-electron chi connectivity index (χ0n) is 13.7. The molecular weight excluding hydrogens is 310 g/mol. The van der Waals surface area contributed by atoms with E-state index in [1.165, 1.54) is 6.39 Å². The van der Waals surface area contributed by atoms with Gasteiger partial charge in [-0.1, -0.05) is 0 Å². The molecule has 0 aromatic carbocycles. The molecule has 3 rings (SSSR count). The van der Waals surface area contributed by atoms with Gasteiger partial charge >= 0.3 is 0 Å². The Balaban J connectivity index is 1.68. The number of aromatic nitrogens is 3. The molecule has 2 aromatic rings. The van der Waals surface area contributed by atoms with E-state index in [1.54, 1.807) is 26.2 Å². The summed E-state index contributed by atoms with van der Waals surface area (Å²) in [5, 5.41) is 2.75. The van der Waals surface area contributed by atoms with Crippen molar-refractivity contribution in [2.45, 2.75) is 39.3 Å². The van der Waals surface area contributed by atoms with Gasteiger partial charge in [0.25, 0.3) is 5.91 Å². The second kappa shape index (κ2) is 6.77. The van der Waals surface area contributed by atoms with Crippen molar-refractivity contribution in [3.8, 4) is 0 Å². The fourth-order valence-electron chi connectivity index (χ4n) is 2.90. The quantitative estimate of drug-likeness (QED) is 0.909. The lowest BCUT2D eigenvalue weighted by molar-refractivity contribution is -0.129. The molecule has 1 aliphatic heterocycles. The van der Waals surface area contributed by atoms with Crippen LogP contribution in [0.5, 0.6) is 0 Å². The Hall–Kier alpha value is -2.77. The Bertz CT molecular complexity index is 758. The first kappa shape index (κ1) is 16.1. The van der Waals surface area contributed by atoms with Crippen molar-refractivity contribution in [1.29, 1.82) is 0 Å². The van der Waals surface area contributed by atoms with Crippen LogP contribution < -0.4 is 5.32 Å². The van der Waals surface area contributed by atoms with E-state index >= 15 is 0 Å². The number of nitrogens with zero attached hydrogens (tertiary/aromatic N) is 4. The monoisotopic (exact) mass is 329 g/mol. The van der Waals surface area contributed by atoms with Gasteiger partial charge in [0.05, 0.1) is 36.4 Å². The van der Waals surface area contributed by atoms with Crippen molar-refractivity contribution in [1.82, 2.24) is 25.2 Å². The summed E-state index contributed by atoms with van der Waals surface area (Å²) in [6.07, 6.45) is 6.35. The zero-order valence-corrected chi connectivity index (χ0v) is 13.7. The molecule has 1 atom stereocenters. The van der Waals surface area contributed by atoms with Gasteiger partial charge < -0.3 is 14.6 Å². The number of nitrogens with one attached hydrogen (secondary N) is 1. The highest BCUT2D eigenvalue weighted by molar-refractivity contribution is 5.92. The number of rotatable bonds is 4. The average molecular weight is 329 g/mol. The maximum absolute atomic E-state index is 12.0. The third kappa shape index (κ3) is 3.27. The molecule has 0 saturated carbocycles. The van der Waals surface area contributed by atoms with E-state index < -0.39 is 0 Å². The van der Waals surface area contributed by atoms with Gasteiger partial charge in [0.15, 0.2) is 12.1 Å². The second-order valence-electron chi connectivity index (χ2n) is 5.75. The molecule has 0 radical (unpaired) electrons. The summed E-state index contributed by atoms with van der Waals surface area (Å²) < 4.78 is 5.02. The molecule has 1 fully saturated rings. The summed E-state index contributed by atoms with van der Waals surface area (Å²) in [5.41, 5.74) is 1.65. The molecule has 1 aliphatic rings. The van der Waals surface area contributed by atoms with Crippen LogP contribution in [0.2, 0.25) is 0 Å². The van der Waals surface area contributed by atoms with E-state index in [-0.39, 0.29) is 30.1 Å². The lowest BCUT2D eigenvalue weighted by atomic mass is 10.1. The Morgan fingerprint density at radius 1 is 1.42 bits per heavy atom. The molecule has 1 N–H and O–H groups in total. The maximum Gasteiger partial charge on any atom is 0.273 e. The summed E-state index contributed by atoms with van der Waals surface area (Å²) in [6.45, 7) is 4.22. The molecule has 8 heteroatoms. The Kier molecular flexibility index (Phi) is 4.54. The van der Waals surface area contributed by atoms with Crippen molar-refractivity contribution in [3.63, 3.8) is 0 Å². The first-order valence-electron chi connectivity index (χ1n) is 7.82. The first-order valence-corrected chi connectivity index (χ1v) is 7.82. The summed E-state index contributed by atoms with van der Waals surface area (Å²) >= 11 is 0. The minimum atomic E-state index is -0.320. The Morgan fingerprint density at radius 2 is 2.25 bits per heavy atom. The van der Waals surface area contributed by atoms with Crippen LogP contribution in [0.1, 0.15) is 53.4 Å². The molecule has 0 spiro atoms. The van der Waals surface area contributed by atoms with E-state index in [0.717, 1.165) is 25.1 Å². The number of aryl methyl sites for hydroxylation is 1. The standard InChI is InChI=1S/C16H19N5O3/c1-10-15(19-9-24-10)16(23)18-7-12-6-17-8-13(20-12)14-4-3-5-21(14)11(2)22/h6,8-9,14H,3-5,7H2,1-2H3,(H,18,23)/t14-/m1/s1. The predicted octanol–water partition coefficient (Wildman–Crippen LogP) is 1.39. The third-order valence-corrected chi connectivity index (χ3v) is 4.09. The van der Waals surface area contributed by atoms with E-state index in [9.17, 15) is 9.59 Å². The number of carbonyl (C=O) groups excluding carboxylic acids is 2. The van der Waals surface area contributed by atoms with Crippen molar-refractivity contribution in [3.05, 3.63) is 41.6 Å². The van der Waals surface area contributed by atoms with Crippen LogP contribution in [0.3, 0.4) is 0 Å². The number of oxazole rings is 1. The van der Waals surface area contributed by atoms with Crippen LogP contribution in [0.4, 0.5) is 0 Å². The molecule has 2 amide bonds. The van der Waals surface area contributed by atoms with Gasteiger partial charge in [-0.05, 0) is 19.8 Å². The van der Waals surface area contributed by atoms with Crippen molar-refractivity contribution in [2.75, 3.05) is 6.54 Å². The number of hydrogen-bond acceptors (Lipinski definition) is 6. The van der Waals surface area contributed by atoms with Crippen LogP contribution in [0, 0.1) is 6.92 Å². The largest absolute Gasteiger partial charge is 0.448 e. The normalized spacial score (nSPS) is 17.1. The highest BCUT2D eigenvalue weighted by Crippen LogP contribution is 2.30. The van der Waals surface area contributed by atoms with Crippen LogP contribution in [0.25, 0.3) is 0 Å². The molecule has 1 saturated heterocycles. The van der Waals surface area contributed by atoms with Gasteiger partial charge in [-0.3, -0.25) is 19.6 Å². The lowest BCUT2D eigenvalue weighted by Crippen LogP contribution is -2.29. The molecule has 8 nitrogen and oxygen atoms in total. The zero-order chi connectivity index (χ0) is 17.1. The highest BCUT2D eigenvalue weighted by atomic mass is 16.3. The van der Waals surface area contributed by atoms with Gasteiger partial charge in [-0.15, -0.1) is 0 Å². The van der Waals surface area contributed by atoms with Crippen LogP contribution in [0.15, 0.2) is 23.2 Å². The summed E-state index contributed by atoms with van der Waals surface area (Å²) in [4.78, 5) is 38.2. The summed E-state index contributed by atoms with van der Waals surface area (Å²) in [6, 6.07) is -0.0385. The van der Waals surface area contributed by atoms with Gasteiger partial charge in [0.1, 0.15) is 5.76 Å². The summed E-state index contributed by atoms with van der Waals surface area (Å²) in [7, 11) is 0. The van der Waals surface area contributed by atoms with Gasteiger partial charge in [0.2, 0.25) is 5.91 Å². The van der Waals surface area contributed by atoms with Crippen molar-refractivity contribution in [2.24, 2.45) is 0 Å². The molecule has 0 unspecified atom stereocenters. The van der Waals surface area contributed by atoms with E-state index in [2.05, 4.69) is 20.3 Å². The van der Waals surface area contributed by atoms with E-state index in [4.69, 9.17) is 4.42 Å². The fraction of sp³-hybridized carbons (Fsp3) is 0.438. The number of carbonyl (C=O) groups is 2. The molecule has 0 bridgehead atoms. The molecule has 0 aliphatic carbocycles. The third-order valence-electron chi connectivity index (χ3n) is 4.09. The van der Waals surface area contributed by atoms with Crippen molar-refractivity contribution >= 4 is 11.8 Å². The van der Waals surface area contributed by atoms with Gasteiger partial charge in [-0.2, -0.15) is 0 Å². The van der Waals surface area contributed by atoms with Gasteiger partial charge in [-0.25, -0.2) is 4.98 Å². The van der Waals surface area contributed by atoms with E-state index in [0.29, 0.717) is 11.5 Å².